The SMILES string of the molecule is CC(C)CN1CCC(CNc2cc(-c3cn(C(C)C)c4cnccc34)ccn2)CC1. The molecule has 0 saturated carbocycles. The van der Waals surface area contributed by atoms with E-state index in [4.69, 9.17) is 0 Å². The number of nitrogens with one attached hydrogen (secondary N) is 1. The molecule has 0 bridgehead atoms. The van der Waals surface area contributed by atoms with E-state index in [-0.39, 0.29) is 0 Å². The van der Waals surface area contributed by atoms with Crippen LogP contribution in [0.4, 0.5) is 5.82 Å². The van der Waals surface area contributed by atoms with Gasteiger partial charge >= 0.3 is 0 Å². The number of piperidine rings is 1. The van der Waals surface area contributed by atoms with Crippen LogP contribution in [0.3, 0.4) is 0 Å². The lowest BCUT2D eigenvalue weighted by molar-refractivity contribution is 0.172. The average Bonchev–Trinajstić information content (AvgIpc) is 3.13. The Balaban J connectivity index is 1.45. The second-order valence-electron chi connectivity index (χ2n) is 9.39. The van der Waals surface area contributed by atoms with Crippen LogP contribution in [0.1, 0.15) is 46.6 Å². The van der Waals surface area contributed by atoms with Gasteiger partial charge in [-0.3, -0.25) is 4.98 Å². The zero-order valence-electron chi connectivity index (χ0n) is 18.8. The molecule has 0 atom stereocenters. The Kier molecular flexibility index (Phi) is 6.38. The van der Waals surface area contributed by atoms with Crippen LogP contribution in [0, 0.1) is 11.8 Å². The predicted molar refractivity (Wildman–Crippen MR) is 126 cm³/mol. The molecule has 1 aliphatic heterocycles. The Bertz CT molecular complexity index is 967. The highest BCUT2D eigenvalue weighted by atomic mass is 15.1. The molecule has 1 fully saturated rings. The molecule has 4 rings (SSSR count). The second kappa shape index (κ2) is 9.17. The molecule has 3 aromatic heterocycles. The summed E-state index contributed by atoms with van der Waals surface area (Å²) >= 11 is 0. The predicted octanol–water partition coefficient (Wildman–Crippen LogP) is 5.46. The maximum atomic E-state index is 4.58. The Hall–Kier alpha value is -2.40. The van der Waals surface area contributed by atoms with Crippen molar-refractivity contribution in [3.05, 3.63) is 43.0 Å². The molecule has 4 heterocycles. The largest absolute Gasteiger partial charge is 0.370 e. The van der Waals surface area contributed by atoms with Crippen molar-refractivity contribution in [2.75, 3.05) is 31.5 Å². The standard InChI is InChI=1S/C25H35N5/c1-18(2)16-29-11-7-20(8-12-29)14-28-25-13-21(5-10-27-25)23-17-30(19(3)4)24-15-26-9-6-22(23)24/h5-6,9-10,13,15,17-20H,7-8,11-12,14,16H2,1-4H3,(H,27,28). The number of nitrogens with zero attached hydrogens (tertiary/aromatic N) is 4. The summed E-state index contributed by atoms with van der Waals surface area (Å²) in [6.45, 7) is 13.7. The summed E-state index contributed by atoms with van der Waals surface area (Å²) in [5.74, 6) is 2.45. The summed E-state index contributed by atoms with van der Waals surface area (Å²) in [7, 11) is 0. The third-order valence-corrected chi connectivity index (χ3v) is 6.17. The van der Waals surface area contributed by atoms with Crippen LogP contribution < -0.4 is 5.32 Å². The van der Waals surface area contributed by atoms with Crippen LogP contribution in [0.2, 0.25) is 0 Å². The Labute approximate surface area is 180 Å². The average molecular weight is 406 g/mol. The molecule has 5 heteroatoms. The highest BCUT2D eigenvalue weighted by Crippen LogP contribution is 2.32. The lowest BCUT2D eigenvalue weighted by Crippen LogP contribution is -2.37. The third-order valence-electron chi connectivity index (χ3n) is 6.17. The van der Waals surface area contributed by atoms with E-state index in [0.29, 0.717) is 6.04 Å². The molecule has 0 aliphatic carbocycles. The third kappa shape index (κ3) is 4.67. The van der Waals surface area contributed by atoms with E-state index in [1.807, 2.05) is 18.6 Å². The normalized spacial score (nSPS) is 16.1. The molecule has 1 saturated heterocycles. The molecule has 1 N–H and O–H groups in total. The van der Waals surface area contributed by atoms with E-state index in [2.05, 4.69) is 76.8 Å². The van der Waals surface area contributed by atoms with E-state index >= 15 is 0 Å². The van der Waals surface area contributed by atoms with E-state index in [1.54, 1.807) is 0 Å². The first-order valence-corrected chi connectivity index (χ1v) is 11.4. The molecule has 5 nitrogen and oxygen atoms in total. The highest BCUT2D eigenvalue weighted by Gasteiger charge is 2.19. The molecule has 0 aromatic carbocycles. The number of rotatable bonds is 7. The number of fused-ring (bicyclic) bond motifs is 1. The minimum atomic E-state index is 0.395. The van der Waals surface area contributed by atoms with Gasteiger partial charge in [-0.15, -0.1) is 0 Å². The molecule has 0 spiro atoms. The molecule has 0 radical (unpaired) electrons. The number of likely N-dealkylation sites (tertiary alicyclic amines) is 1. The van der Waals surface area contributed by atoms with Crippen LogP contribution in [0.15, 0.2) is 43.0 Å². The van der Waals surface area contributed by atoms with Gasteiger partial charge in [0.1, 0.15) is 5.82 Å². The Morgan fingerprint density at radius 3 is 2.63 bits per heavy atom. The Morgan fingerprint density at radius 2 is 1.90 bits per heavy atom. The molecule has 0 amide bonds. The van der Waals surface area contributed by atoms with Crippen molar-refractivity contribution < 1.29 is 0 Å². The molecular weight excluding hydrogens is 370 g/mol. The maximum Gasteiger partial charge on any atom is 0.126 e. The summed E-state index contributed by atoms with van der Waals surface area (Å²) in [4.78, 5) is 11.5. The van der Waals surface area contributed by atoms with Gasteiger partial charge < -0.3 is 14.8 Å². The van der Waals surface area contributed by atoms with Gasteiger partial charge in [-0.1, -0.05) is 13.8 Å². The number of hydrogen-bond acceptors (Lipinski definition) is 4. The lowest BCUT2D eigenvalue weighted by atomic mass is 9.96. The van der Waals surface area contributed by atoms with Gasteiger partial charge in [0, 0.05) is 48.7 Å². The van der Waals surface area contributed by atoms with E-state index in [1.165, 1.54) is 54.5 Å². The molecule has 3 aromatic rings. The van der Waals surface area contributed by atoms with Crippen molar-refractivity contribution in [1.29, 1.82) is 0 Å². The number of aromatic nitrogens is 3. The van der Waals surface area contributed by atoms with E-state index in [0.717, 1.165) is 24.2 Å². The van der Waals surface area contributed by atoms with Crippen LogP contribution in [-0.2, 0) is 0 Å². The van der Waals surface area contributed by atoms with Gasteiger partial charge in [0.25, 0.3) is 0 Å². The summed E-state index contributed by atoms with van der Waals surface area (Å²) in [6.07, 6.45) is 10.6. The van der Waals surface area contributed by atoms with Crippen molar-refractivity contribution >= 4 is 16.7 Å². The first-order valence-electron chi connectivity index (χ1n) is 11.4. The van der Waals surface area contributed by atoms with Crippen molar-refractivity contribution in [3.63, 3.8) is 0 Å². The molecule has 160 valence electrons. The van der Waals surface area contributed by atoms with Crippen LogP contribution in [0.5, 0.6) is 0 Å². The van der Waals surface area contributed by atoms with Gasteiger partial charge in [-0.2, -0.15) is 0 Å². The lowest BCUT2D eigenvalue weighted by Gasteiger charge is -2.33. The minimum absolute atomic E-state index is 0.395. The summed E-state index contributed by atoms with van der Waals surface area (Å²) < 4.78 is 2.30. The fourth-order valence-corrected chi connectivity index (χ4v) is 4.59. The number of pyridine rings is 2. The minimum Gasteiger partial charge on any atom is -0.370 e. The topological polar surface area (TPSA) is 46.0 Å². The monoisotopic (exact) mass is 405 g/mol. The fraction of sp³-hybridized carbons (Fsp3) is 0.520. The fourth-order valence-electron chi connectivity index (χ4n) is 4.59. The number of hydrogen-bond donors (Lipinski definition) is 1. The number of anilines is 1. The zero-order chi connectivity index (χ0) is 21.1. The van der Waals surface area contributed by atoms with Gasteiger partial charge in [-0.25, -0.2) is 4.98 Å². The van der Waals surface area contributed by atoms with Crippen molar-refractivity contribution in [2.24, 2.45) is 11.8 Å². The summed E-state index contributed by atoms with van der Waals surface area (Å²) in [5, 5.41) is 4.85. The molecule has 0 unspecified atom stereocenters. The van der Waals surface area contributed by atoms with Crippen LogP contribution in [0.25, 0.3) is 22.0 Å². The zero-order valence-corrected chi connectivity index (χ0v) is 18.8. The smallest absolute Gasteiger partial charge is 0.126 e. The maximum absolute atomic E-state index is 4.58. The first kappa shape index (κ1) is 20.9. The second-order valence-corrected chi connectivity index (χ2v) is 9.39. The Morgan fingerprint density at radius 1 is 1.10 bits per heavy atom. The first-order chi connectivity index (χ1) is 14.5. The summed E-state index contributed by atoms with van der Waals surface area (Å²) in [5.41, 5.74) is 3.63. The van der Waals surface area contributed by atoms with Crippen LogP contribution >= 0.6 is 0 Å². The van der Waals surface area contributed by atoms with Gasteiger partial charge in [0.2, 0.25) is 0 Å². The van der Waals surface area contributed by atoms with E-state index in [9.17, 15) is 0 Å². The highest BCUT2D eigenvalue weighted by molar-refractivity contribution is 5.96. The van der Waals surface area contributed by atoms with Crippen molar-refractivity contribution in [1.82, 2.24) is 19.4 Å². The van der Waals surface area contributed by atoms with Gasteiger partial charge in [0.05, 0.1) is 11.7 Å². The van der Waals surface area contributed by atoms with Crippen molar-refractivity contribution in [3.8, 4) is 11.1 Å². The van der Waals surface area contributed by atoms with Crippen LogP contribution in [-0.4, -0.2) is 45.6 Å². The van der Waals surface area contributed by atoms with Crippen molar-refractivity contribution in [2.45, 2.75) is 46.6 Å². The summed E-state index contributed by atoms with van der Waals surface area (Å²) in [6, 6.07) is 6.80. The molecular formula is C25H35N5. The van der Waals surface area contributed by atoms with E-state index < -0.39 is 0 Å². The van der Waals surface area contributed by atoms with Gasteiger partial charge in [-0.05, 0) is 75.4 Å². The molecule has 30 heavy (non-hydrogen) atoms. The molecule has 1 aliphatic rings. The van der Waals surface area contributed by atoms with Gasteiger partial charge in [0.15, 0.2) is 0 Å². The quantitative estimate of drug-likeness (QED) is 0.567.